The molecule has 0 radical (unpaired) electrons. The van der Waals surface area contributed by atoms with Crippen molar-refractivity contribution in [2.45, 2.75) is 64.1 Å². The Bertz CT molecular complexity index is 233. The SMILES string of the molecule is C=CCOCC1OOCCC1OCCCCCCCC. The molecule has 118 valence electrons. The van der Waals surface area contributed by atoms with Gasteiger partial charge < -0.3 is 9.47 Å². The van der Waals surface area contributed by atoms with E-state index >= 15 is 0 Å². The van der Waals surface area contributed by atoms with Crippen molar-refractivity contribution in [3.63, 3.8) is 0 Å². The van der Waals surface area contributed by atoms with Gasteiger partial charge in [-0.15, -0.1) is 6.58 Å². The Labute approximate surface area is 123 Å². The van der Waals surface area contributed by atoms with Crippen LogP contribution in [0.2, 0.25) is 0 Å². The van der Waals surface area contributed by atoms with Gasteiger partial charge in [0.05, 0.1) is 25.9 Å². The largest absolute Gasteiger partial charge is 0.375 e. The fourth-order valence-electron chi connectivity index (χ4n) is 2.26. The highest BCUT2D eigenvalue weighted by Gasteiger charge is 2.28. The van der Waals surface area contributed by atoms with Crippen LogP contribution in [0.3, 0.4) is 0 Å². The second kappa shape index (κ2) is 12.3. The number of unbranched alkanes of at least 4 members (excludes halogenated alkanes) is 5. The fourth-order valence-corrected chi connectivity index (χ4v) is 2.26. The summed E-state index contributed by atoms with van der Waals surface area (Å²) < 4.78 is 11.3. The monoisotopic (exact) mass is 286 g/mol. The average Bonchev–Trinajstić information content (AvgIpc) is 2.48. The van der Waals surface area contributed by atoms with Crippen LogP contribution in [0.4, 0.5) is 0 Å². The van der Waals surface area contributed by atoms with Crippen LogP contribution in [-0.4, -0.2) is 38.6 Å². The summed E-state index contributed by atoms with van der Waals surface area (Å²) in [5.74, 6) is 0. The van der Waals surface area contributed by atoms with E-state index in [1.165, 1.54) is 32.1 Å². The third kappa shape index (κ3) is 8.00. The molecule has 0 aliphatic carbocycles. The molecule has 0 amide bonds. The van der Waals surface area contributed by atoms with Gasteiger partial charge in [0.15, 0.2) is 0 Å². The van der Waals surface area contributed by atoms with Crippen molar-refractivity contribution in [3.8, 4) is 0 Å². The summed E-state index contributed by atoms with van der Waals surface area (Å²) in [5.41, 5.74) is 0. The number of hydrogen-bond donors (Lipinski definition) is 0. The van der Waals surface area contributed by atoms with Crippen LogP contribution < -0.4 is 0 Å². The van der Waals surface area contributed by atoms with E-state index in [4.69, 9.17) is 19.2 Å². The molecule has 0 N–H and O–H groups in total. The van der Waals surface area contributed by atoms with Gasteiger partial charge in [-0.1, -0.05) is 45.1 Å². The van der Waals surface area contributed by atoms with Gasteiger partial charge in [-0.05, 0) is 6.42 Å². The van der Waals surface area contributed by atoms with Gasteiger partial charge in [0.1, 0.15) is 6.10 Å². The van der Waals surface area contributed by atoms with Gasteiger partial charge in [0.25, 0.3) is 0 Å². The summed E-state index contributed by atoms with van der Waals surface area (Å²) in [6.45, 7) is 8.29. The van der Waals surface area contributed by atoms with E-state index < -0.39 is 0 Å². The molecule has 0 aromatic rings. The molecule has 1 rings (SSSR count). The molecule has 1 saturated heterocycles. The van der Waals surface area contributed by atoms with Crippen LogP contribution in [0, 0.1) is 0 Å². The van der Waals surface area contributed by atoms with E-state index in [2.05, 4.69) is 13.5 Å². The highest BCUT2D eigenvalue weighted by atomic mass is 17.2. The minimum Gasteiger partial charge on any atom is -0.375 e. The molecule has 0 spiro atoms. The molecule has 0 aromatic carbocycles. The first kappa shape index (κ1) is 17.6. The Morgan fingerprint density at radius 3 is 2.80 bits per heavy atom. The normalized spacial score (nSPS) is 22.9. The lowest BCUT2D eigenvalue weighted by Gasteiger charge is -2.30. The molecule has 0 aromatic heterocycles. The van der Waals surface area contributed by atoms with Crippen LogP contribution in [0.1, 0.15) is 51.9 Å². The van der Waals surface area contributed by atoms with Crippen molar-refractivity contribution < 1.29 is 19.2 Å². The zero-order chi connectivity index (χ0) is 14.5. The minimum atomic E-state index is -0.121. The van der Waals surface area contributed by atoms with Crippen LogP contribution >= 0.6 is 0 Å². The Balaban J connectivity index is 2.07. The van der Waals surface area contributed by atoms with E-state index in [0.717, 1.165) is 19.4 Å². The number of rotatable bonds is 12. The minimum absolute atomic E-state index is 0.0872. The van der Waals surface area contributed by atoms with Crippen LogP contribution in [0.15, 0.2) is 12.7 Å². The van der Waals surface area contributed by atoms with Gasteiger partial charge in [0.2, 0.25) is 0 Å². The van der Waals surface area contributed by atoms with Gasteiger partial charge in [0, 0.05) is 13.0 Å². The molecule has 4 nitrogen and oxygen atoms in total. The Morgan fingerprint density at radius 1 is 1.20 bits per heavy atom. The maximum atomic E-state index is 5.92. The smallest absolute Gasteiger partial charge is 0.142 e. The number of ether oxygens (including phenoxy) is 2. The maximum Gasteiger partial charge on any atom is 0.142 e. The summed E-state index contributed by atoms with van der Waals surface area (Å²) in [5, 5.41) is 0. The van der Waals surface area contributed by atoms with Crippen molar-refractivity contribution in [2.24, 2.45) is 0 Å². The van der Waals surface area contributed by atoms with Gasteiger partial charge in [-0.3, -0.25) is 0 Å². The zero-order valence-corrected chi connectivity index (χ0v) is 12.9. The second-order valence-corrected chi connectivity index (χ2v) is 5.25. The first-order valence-corrected chi connectivity index (χ1v) is 7.97. The third-order valence-corrected chi connectivity index (χ3v) is 3.44. The standard InChI is InChI=1S/C16H30O4/c1-3-5-6-7-8-9-12-18-15-10-13-19-20-16(15)14-17-11-4-2/h4,15-16H,2-3,5-14H2,1H3. The first-order valence-electron chi connectivity index (χ1n) is 7.97. The van der Waals surface area contributed by atoms with E-state index in [1.54, 1.807) is 6.08 Å². The maximum absolute atomic E-state index is 5.92. The fraction of sp³-hybridized carbons (Fsp3) is 0.875. The molecule has 20 heavy (non-hydrogen) atoms. The van der Waals surface area contributed by atoms with Gasteiger partial charge >= 0.3 is 0 Å². The summed E-state index contributed by atoms with van der Waals surface area (Å²) in [7, 11) is 0. The van der Waals surface area contributed by atoms with Crippen LogP contribution in [0.5, 0.6) is 0 Å². The van der Waals surface area contributed by atoms with Crippen molar-refractivity contribution >= 4 is 0 Å². The Morgan fingerprint density at radius 2 is 2.00 bits per heavy atom. The molecule has 0 bridgehead atoms. The lowest BCUT2D eigenvalue weighted by atomic mass is 10.1. The molecule has 0 saturated carbocycles. The van der Waals surface area contributed by atoms with E-state index in [9.17, 15) is 0 Å². The summed E-state index contributed by atoms with van der Waals surface area (Å²) >= 11 is 0. The lowest BCUT2D eigenvalue weighted by Crippen LogP contribution is -2.40. The highest BCUT2D eigenvalue weighted by molar-refractivity contribution is 4.73. The highest BCUT2D eigenvalue weighted by Crippen LogP contribution is 2.16. The van der Waals surface area contributed by atoms with E-state index in [-0.39, 0.29) is 12.2 Å². The second-order valence-electron chi connectivity index (χ2n) is 5.25. The van der Waals surface area contributed by atoms with Crippen molar-refractivity contribution in [1.29, 1.82) is 0 Å². The van der Waals surface area contributed by atoms with Crippen molar-refractivity contribution in [1.82, 2.24) is 0 Å². The van der Waals surface area contributed by atoms with Crippen molar-refractivity contribution in [3.05, 3.63) is 12.7 Å². The lowest BCUT2D eigenvalue weighted by molar-refractivity contribution is -0.372. The molecular formula is C16H30O4. The quantitative estimate of drug-likeness (QED) is 0.312. The average molecular weight is 286 g/mol. The summed E-state index contributed by atoms with van der Waals surface area (Å²) in [6.07, 6.45) is 10.2. The van der Waals surface area contributed by atoms with Gasteiger partial charge in [-0.25, -0.2) is 9.78 Å². The molecule has 2 atom stereocenters. The third-order valence-electron chi connectivity index (χ3n) is 3.44. The topological polar surface area (TPSA) is 36.9 Å². The Kier molecular flexibility index (Phi) is 10.9. The predicted octanol–water partition coefficient (Wildman–Crippen LogP) is 3.66. The molecule has 1 aliphatic rings. The molecule has 4 heteroatoms. The van der Waals surface area contributed by atoms with Crippen molar-refractivity contribution in [2.75, 3.05) is 26.4 Å². The van der Waals surface area contributed by atoms with E-state index in [1.807, 2.05) is 0 Å². The zero-order valence-electron chi connectivity index (χ0n) is 12.9. The molecule has 1 fully saturated rings. The van der Waals surface area contributed by atoms with Crippen LogP contribution in [0.25, 0.3) is 0 Å². The molecular weight excluding hydrogens is 256 g/mol. The molecule has 1 heterocycles. The molecule has 2 unspecified atom stereocenters. The van der Waals surface area contributed by atoms with Crippen LogP contribution in [-0.2, 0) is 19.2 Å². The number of hydrogen-bond acceptors (Lipinski definition) is 4. The molecule has 1 aliphatic heterocycles. The van der Waals surface area contributed by atoms with E-state index in [0.29, 0.717) is 19.8 Å². The van der Waals surface area contributed by atoms with Gasteiger partial charge in [-0.2, -0.15) is 0 Å². The Hall–Kier alpha value is -0.420. The summed E-state index contributed by atoms with van der Waals surface area (Å²) in [6, 6.07) is 0. The summed E-state index contributed by atoms with van der Waals surface area (Å²) in [4.78, 5) is 10.3. The first-order chi connectivity index (χ1) is 9.88. The predicted molar refractivity (Wildman–Crippen MR) is 79.6 cm³/mol.